The summed E-state index contributed by atoms with van der Waals surface area (Å²) in [7, 11) is 1.79. The number of rotatable bonds is 7. The second kappa shape index (κ2) is 6.04. The predicted molar refractivity (Wildman–Crippen MR) is 72.8 cm³/mol. The summed E-state index contributed by atoms with van der Waals surface area (Å²) in [6.45, 7) is 5.90. The van der Waals surface area contributed by atoms with Crippen LogP contribution < -0.4 is 5.32 Å². The number of aryl methyl sites for hydroxylation is 1. The van der Waals surface area contributed by atoms with E-state index in [0.717, 1.165) is 23.8 Å². The zero-order valence-electron chi connectivity index (χ0n) is 11.3. The first-order valence-electron chi connectivity index (χ1n) is 6.70. The molecule has 1 aromatic rings. The lowest BCUT2D eigenvalue weighted by atomic mass is 10.0. The van der Waals surface area contributed by atoms with Crippen molar-refractivity contribution in [1.82, 2.24) is 15.1 Å². The molecule has 1 saturated carbocycles. The molecule has 4 nitrogen and oxygen atoms in total. The van der Waals surface area contributed by atoms with Crippen LogP contribution in [0, 0.1) is 5.92 Å². The average molecular weight is 272 g/mol. The highest BCUT2D eigenvalue weighted by molar-refractivity contribution is 6.31. The number of likely N-dealkylation sites (N-methyl/N-ethyl adjacent to an activating group) is 1. The van der Waals surface area contributed by atoms with Crippen LogP contribution in [0.3, 0.4) is 0 Å². The third kappa shape index (κ3) is 2.71. The number of aromatic nitrogens is 2. The van der Waals surface area contributed by atoms with Crippen molar-refractivity contribution in [3.8, 4) is 0 Å². The molecule has 0 saturated heterocycles. The lowest BCUT2D eigenvalue weighted by Crippen LogP contribution is -2.36. The highest BCUT2D eigenvalue weighted by Crippen LogP contribution is 2.41. The third-order valence-electron chi connectivity index (χ3n) is 3.54. The largest absolute Gasteiger partial charge is 0.379 e. The van der Waals surface area contributed by atoms with Crippen LogP contribution in [0.4, 0.5) is 0 Å². The number of hydrogen-bond donors (Lipinski definition) is 1. The molecule has 1 aliphatic rings. The molecular weight excluding hydrogens is 250 g/mol. The Hall–Kier alpha value is -0.580. The van der Waals surface area contributed by atoms with Gasteiger partial charge in [-0.3, -0.25) is 4.68 Å². The number of halogens is 1. The summed E-state index contributed by atoms with van der Waals surface area (Å²) >= 11 is 6.30. The highest BCUT2D eigenvalue weighted by atomic mass is 35.5. The minimum Gasteiger partial charge on any atom is -0.379 e. The van der Waals surface area contributed by atoms with Gasteiger partial charge in [-0.25, -0.2) is 0 Å². The summed E-state index contributed by atoms with van der Waals surface area (Å²) < 4.78 is 7.67. The predicted octanol–water partition coefficient (Wildman–Crippen LogP) is 2.63. The molecule has 2 rings (SSSR count). The lowest BCUT2D eigenvalue weighted by molar-refractivity contribution is 0.0485. The molecule has 0 amide bonds. The fourth-order valence-electron chi connectivity index (χ4n) is 2.55. The maximum atomic E-state index is 6.30. The van der Waals surface area contributed by atoms with Gasteiger partial charge in [0.15, 0.2) is 0 Å². The van der Waals surface area contributed by atoms with Gasteiger partial charge in [0.1, 0.15) is 0 Å². The van der Waals surface area contributed by atoms with Gasteiger partial charge in [-0.1, -0.05) is 18.5 Å². The summed E-state index contributed by atoms with van der Waals surface area (Å²) in [6.07, 6.45) is 4.41. The fraction of sp³-hybridized carbons (Fsp3) is 0.769. The number of nitrogens with zero attached hydrogens (tertiary/aromatic N) is 2. The topological polar surface area (TPSA) is 39.1 Å². The number of nitrogens with one attached hydrogen (secondary N) is 1. The van der Waals surface area contributed by atoms with Crippen LogP contribution in [0.1, 0.15) is 38.4 Å². The Kier molecular flexibility index (Phi) is 4.65. The number of methoxy groups -OCH3 is 1. The Labute approximate surface area is 114 Å². The van der Waals surface area contributed by atoms with Crippen LogP contribution in [0.2, 0.25) is 5.02 Å². The van der Waals surface area contributed by atoms with E-state index in [-0.39, 0.29) is 12.1 Å². The fourth-order valence-corrected chi connectivity index (χ4v) is 2.81. The minimum atomic E-state index is 0.127. The van der Waals surface area contributed by atoms with Gasteiger partial charge >= 0.3 is 0 Å². The van der Waals surface area contributed by atoms with E-state index < -0.39 is 0 Å². The molecule has 102 valence electrons. The maximum absolute atomic E-state index is 6.30. The number of ether oxygens (including phenoxy) is 1. The van der Waals surface area contributed by atoms with E-state index in [9.17, 15) is 0 Å². The van der Waals surface area contributed by atoms with E-state index in [1.165, 1.54) is 12.8 Å². The molecule has 2 atom stereocenters. The highest BCUT2D eigenvalue weighted by Gasteiger charge is 2.39. The van der Waals surface area contributed by atoms with E-state index in [0.29, 0.717) is 5.92 Å². The van der Waals surface area contributed by atoms with Gasteiger partial charge in [-0.05, 0) is 32.2 Å². The van der Waals surface area contributed by atoms with Gasteiger partial charge in [0.05, 0.1) is 29.1 Å². The van der Waals surface area contributed by atoms with Gasteiger partial charge in [0, 0.05) is 13.7 Å². The Morgan fingerprint density at radius 3 is 2.78 bits per heavy atom. The van der Waals surface area contributed by atoms with E-state index in [1.54, 1.807) is 13.3 Å². The van der Waals surface area contributed by atoms with Gasteiger partial charge in [0.25, 0.3) is 0 Å². The molecular formula is C13H22ClN3O. The van der Waals surface area contributed by atoms with Crippen molar-refractivity contribution in [1.29, 1.82) is 0 Å². The smallest absolute Gasteiger partial charge is 0.0835 e. The summed E-state index contributed by atoms with van der Waals surface area (Å²) in [5, 5.41) is 8.55. The number of hydrogen-bond acceptors (Lipinski definition) is 3. The van der Waals surface area contributed by atoms with E-state index >= 15 is 0 Å². The molecule has 0 spiro atoms. The second-order valence-electron chi connectivity index (χ2n) is 4.77. The third-order valence-corrected chi connectivity index (χ3v) is 3.83. The molecule has 1 aliphatic carbocycles. The normalized spacial score (nSPS) is 18.9. The van der Waals surface area contributed by atoms with Gasteiger partial charge in [0.2, 0.25) is 0 Å². The van der Waals surface area contributed by atoms with Crippen LogP contribution in [-0.2, 0) is 11.3 Å². The molecule has 0 radical (unpaired) electrons. The van der Waals surface area contributed by atoms with Crippen molar-refractivity contribution in [2.24, 2.45) is 5.92 Å². The van der Waals surface area contributed by atoms with E-state index in [1.807, 2.05) is 4.68 Å². The van der Waals surface area contributed by atoms with Crippen molar-refractivity contribution in [2.75, 3.05) is 13.7 Å². The van der Waals surface area contributed by atoms with Gasteiger partial charge in [-0.15, -0.1) is 0 Å². The Morgan fingerprint density at radius 1 is 1.56 bits per heavy atom. The molecule has 5 heteroatoms. The van der Waals surface area contributed by atoms with Crippen molar-refractivity contribution in [3.63, 3.8) is 0 Å². The van der Waals surface area contributed by atoms with E-state index in [4.69, 9.17) is 16.3 Å². The zero-order chi connectivity index (χ0) is 13.1. The molecule has 1 aromatic heterocycles. The first kappa shape index (κ1) is 13.8. The van der Waals surface area contributed by atoms with Crippen LogP contribution in [0.25, 0.3) is 0 Å². The van der Waals surface area contributed by atoms with Crippen LogP contribution in [-0.4, -0.2) is 29.5 Å². The Bertz CT molecular complexity index is 390. The molecule has 18 heavy (non-hydrogen) atoms. The standard InChI is InChI=1S/C13H22ClN3O/c1-4-15-11(13(18-3)9-6-7-9)12-10(14)8-16-17(12)5-2/h8-9,11,13,15H,4-7H2,1-3H3. The zero-order valence-corrected chi connectivity index (χ0v) is 12.1. The monoisotopic (exact) mass is 271 g/mol. The van der Waals surface area contributed by atoms with Gasteiger partial charge in [-0.2, -0.15) is 5.10 Å². The molecule has 2 unspecified atom stereocenters. The molecule has 1 heterocycles. The molecule has 0 bridgehead atoms. The van der Waals surface area contributed by atoms with Crippen LogP contribution >= 0.6 is 11.6 Å². The van der Waals surface area contributed by atoms with Crippen LogP contribution in [0.5, 0.6) is 0 Å². The van der Waals surface area contributed by atoms with Crippen molar-refractivity contribution >= 4 is 11.6 Å². The van der Waals surface area contributed by atoms with Crippen molar-refractivity contribution in [3.05, 3.63) is 16.9 Å². The van der Waals surface area contributed by atoms with Crippen LogP contribution in [0.15, 0.2) is 6.20 Å². The molecule has 0 aromatic carbocycles. The van der Waals surface area contributed by atoms with Gasteiger partial charge < -0.3 is 10.1 Å². The average Bonchev–Trinajstić information content (AvgIpc) is 3.13. The summed E-state index contributed by atoms with van der Waals surface area (Å²) in [4.78, 5) is 0. The Balaban J connectivity index is 2.29. The maximum Gasteiger partial charge on any atom is 0.0835 e. The first-order valence-corrected chi connectivity index (χ1v) is 7.08. The summed E-state index contributed by atoms with van der Waals surface area (Å²) in [5.41, 5.74) is 1.06. The summed E-state index contributed by atoms with van der Waals surface area (Å²) in [5.74, 6) is 0.648. The first-order chi connectivity index (χ1) is 8.72. The van der Waals surface area contributed by atoms with E-state index in [2.05, 4.69) is 24.3 Å². The van der Waals surface area contributed by atoms with Crippen molar-refractivity contribution < 1.29 is 4.74 Å². The summed E-state index contributed by atoms with van der Waals surface area (Å²) in [6, 6.07) is 0.127. The minimum absolute atomic E-state index is 0.127. The quantitative estimate of drug-likeness (QED) is 0.829. The Morgan fingerprint density at radius 2 is 2.28 bits per heavy atom. The molecule has 1 fully saturated rings. The molecule has 0 aliphatic heterocycles. The second-order valence-corrected chi connectivity index (χ2v) is 5.17. The van der Waals surface area contributed by atoms with Crippen molar-refractivity contribution in [2.45, 2.75) is 45.4 Å². The lowest BCUT2D eigenvalue weighted by Gasteiger charge is -2.27. The molecule has 1 N–H and O–H groups in total. The SMILES string of the molecule is CCNC(c1c(Cl)cnn1CC)C(OC)C1CC1.